The van der Waals surface area contributed by atoms with Gasteiger partial charge in [-0.15, -0.1) is 0 Å². The minimum absolute atomic E-state index is 0.246. The Bertz CT molecular complexity index is 624. The van der Waals surface area contributed by atoms with Crippen LogP contribution in [0.5, 0.6) is 5.75 Å². The molecule has 0 spiro atoms. The summed E-state index contributed by atoms with van der Waals surface area (Å²) >= 11 is 0. The lowest BCUT2D eigenvalue weighted by molar-refractivity contribution is 0.102. The molecule has 0 fully saturated rings. The molecular weight excluding hydrogens is 292 g/mol. The molecule has 2 N–H and O–H groups in total. The summed E-state index contributed by atoms with van der Waals surface area (Å²) in [6.07, 6.45) is 3.03. The topological polar surface area (TPSA) is 76.1 Å². The molecule has 0 radical (unpaired) electrons. The highest BCUT2D eigenvalue weighted by atomic mass is 16.5. The van der Waals surface area contributed by atoms with Gasteiger partial charge in [-0.2, -0.15) is 0 Å². The third kappa shape index (κ3) is 5.25. The van der Waals surface area contributed by atoms with E-state index in [4.69, 9.17) is 4.74 Å². The van der Waals surface area contributed by atoms with E-state index in [1.807, 2.05) is 19.1 Å². The number of anilines is 2. The molecule has 0 unspecified atom stereocenters. The second-order valence-corrected chi connectivity index (χ2v) is 5.48. The van der Waals surface area contributed by atoms with Crippen molar-refractivity contribution in [3.8, 4) is 5.75 Å². The van der Waals surface area contributed by atoms with Crippen LogP contribution in [0.15, 0.2) is 36.7 Å². The predicted octanol–water partition coefficient (Wildman–Crippen LogP) is 3.20. The van der Waals surface area contributed by atoms with Crippen molar-refractivity contribution in [3.05, 3.63) is 42.2 Å². The second kappa shape index (κ2) is 8.12. The number of carbonyl (C=O) groups is 1. The van der Waals surface area contributed by atoms with Gasteiger partial charge in [-0.1, -0.05) is 13.8 Å². The van der Waals surface area contributed by atoms with E-state index in [1.165, 1.54) is 12.4 Å². The summed E-state index contributed by atoms with van der Waals surface area (Å²) in [6, 6.07) is 7.22. The number of carbonyl (C=O) groups excluding carboxylic acids is 1. The Balaban J connectivity index is 1.94. The van der Waals surface area contributed by atoms with Gasteiger partial charge in [0, 0.05) is 24.6 Å². The molecule has 1 aromatic carbocycles. The SMILES string of the molecule is CCOc1ccc(NC(=O)c2cnc(NCC(C)C)nc2)cc1. The van der Waals surface area contributed by atoms with Gasteiger partial charge in [-0.05, 0) is 37.1 Å². The molecule has 1 aromatic heterocycles. The van der Waals surface area contributed by atoms with Gasteiger partial charge in [0.15, 0.2) is 0 Å². The Hall–Kier alpha value is -2.63. The Labute approximate surface area is 136 Å². The number of ether oxygens (including phenoxy) is 1. The zero-order valence-electron chi connectivity index (χ0n) is 13.7. The number of nitrogens with zero attached hydrogens (tertiary/aromatic N) is 2. The minimum atomic E-state index is -0.246. The third-order valence-corrected chi connectivity index (χ3v) is 3.01. The van der Waals surface area contributed by atoms with Crippen molar-refractivity contribution in [2.24, 2.45) is 5.92 Å². The summed E-state index contributed by atoms with van der Waals surface area (Å²) in [5.74, 6) is 1.55. The standard InChI is InChI=1S/C17H22N4O2/c1-4-23-15-7-5-14(6-8-15)21-16(22)13-10-19-17(20-11-13)18-9-12(2)3/h5-8,10-12H,4,9H2,1-3H3,(H,21,22)(H,18,19,20). The van der Waals surface area contributed by atoms with Crippen molar-refractivity contribution in [2.45, 2.75) is 20.8 Å². The van der Waals surface area contributed by atoms with Gasteiger partial charge in [-0.25, -0.2) is 9.97 Å². The molecule has 6 heteroatoms. The summed E-state index contributed by atoms with van der Waals surface area (Å²) in [7, 11) is 0. The first-order chi connectivity index (χ1) is 11.1. The van der Waals surface area contributed by atoms with Crippen LogP contribution in [-0.2, 0) is 0 Å². The van der Waals surface area contributed by atoms with Crippen LogP contribution < -0.4 is 15.4 Å². The van der Waals surface area contributed by atoms with Crippen LogP contribution in [0, 0.1) is 5.92 Å². The number of hydrogen-bond acceptors (Lipinski definition) is 5. The molecule has 0 aliphatic heterocycles. The molecule has 23 heavy (non-hydrogen) atoms. The summed E-state index contributed by atoms with van der Waals surface area (Å²) in [6.45, 7) is 7.53. The zero-order valence-corrected chi connectivity index (χ0v) is 13.7. The number of nitrogens with one attached hydrogen (secondary N) is 2. The average molecular weight is 314 g/mol. The summed E-state index contributed by atoms with van der Waals surface area (Å²) in [4.78, 5) is 20.5. The molecular formula is C17H22N4O2. The third-order valence-electron chi connectivity index (χ3n) is 3.01. The van der Waals surface area contributed by atoms with Gasteiger partial charge in [0.2, 0.25) is 5.95 Å². The maximum atomic E-state index is 12.2. The highest BCUT2D eigenvalue weighted by Crippen LogP contribution is 2.16. The van der Waals surface area contributed by atoms with E-state index in [0.717, 1.165) is 12.3 Å². The van der Waals surface area contributed by atoms with Gasteiger partial charge in [-0.3, -0.25) is 4.79 Å². The lowest BCUT2D eigenvalue weighted by Crippen LogP contribution is -2.14. The molecule has 6 nitrogen and oxygen atoms in total. The van der Waals surface area contributed by atoms with Gasteiger partial charge >= 0.3 is 0 Å². The van der Waals surface area contributed by atoms with Crippen molar-refractivity contribution in [1.82, 2.24) is 9.97 Å². The van der Waals surface area contributed by atoms with E-state index < -0.39 is 0 Å². The molecule has 2 aromatic rings. The molecule has 2 rings (SSSR count). The van der Waals surface area contributed by atoms with Gasteiger partial charge in [0.25, 0.3) is 5.91 Å². The van der Waals surface area contributed by atoms with E-state index in [9.17, 15) is 4.79 Å². The molecule has 0 aliphatic rings. The lowest BCUT2D eigenvalue weighted by Gasteiger charge is -2.08. The lowest BCUT2D eigenvalue weighted by atomic mass is 10.2. The van der Waals surface area contributed by atoms with Crippen molar-refractivity contribution in [1.29, 1.82) is 0 Å². The number of benzene rings is 1. The van der Waals surface area contributed by atoms with Crippen molar-refractivity contribution < 1.29 is 9.53 Å². The summed E-state index contributed by atoms with van der Waals surface area (Å²) in [5, 5.41) is 5.91. The smallest absolute Gasteiger partial charge is 0.258 e. The van der Waals surface area contributed by atoms with Crippen molar-refractivity contribution >= 4 is 17.5 Å². The second-order valence-electron chi connectivity index (χ2n) is 5.48. The molecule has 122 valence electrons. The maximum absolute atomic E-state index is 12.2. The van der Waals surface area contributed by atoms with E-state index in [-0.39, 0.29) is 5.91 Å². The predicted molar refractivity (Wildman–Crippen MR) is 90.9 cm³/mol. The Morgan fingerprint density at radius 2 is 1.83 bits per heavy atom. The summed E-state index contributed by atoms with van der Waals surface area (Å²) in [5.41, 5.74) is 1.11. The molecule has 0 atom stereocenters. The largest absolute Gasteiger partial charge is 0.494 e. The van der Waals surface area contributed by atoms with Crippen molar-refractivity contribution in [2.75, 3.05) is 23.8 Å². The van der Waals surface area contributed by atoms with Crippen LogP contribution >= 0.6 is 0 Å². The number of aromatic nitrogens is 2. The van der Waals surface area contributed by atoms with E-state index in [0.29, 0.717) is 29.7 Å². The normalized spacial score (nSPS) is 10.4. The van der Waals surface area contributed by atoms with Crippen LogP contribution in [-0.4, -0.2) is 29.0 Å². The molecule has 1 heterocycles. The molecule has 0 saturated carbocycles. The van der Waals surface area contributed by atoms with E-state index >= 15 is 0 Å². The quantitative estimate of drug-likeness (QED) is 0.821. The maximum Gasteiger partial charge on any atom is 0.258 e. The highest BCUT2D eigenvalue weighted by molar-refractivity contribution is 6.03. The molecule has 0 aliphatic carbocycles. The molecule has 0 saturated heterocycles. The van der Waals surface area contributed by atoms with Crippen LogP contribution in [0.25, 0.3) is 0 Å². The fraction of sp³-hybridized carbons (Fsp3) is 0.353. The van der Waals surface area contributed by atoms with Crippen LogP contribution in [0.2, 0.25) is 0 Å². The van der Waals surface area contributed by atoms with Gasteiger partial charge in [0.05, 0.1) is 12.2 Å². The van der Waals surface area contributed by atoms with Gasteiger partial charge < -0.3 is 15.4 Å². The molecule has 0 bridgehead atoms. The van der Waals surface area contributed by atoms with Crippen molar-refractivity contribution in [3.63, 3.8) is 0 Å². The number of hydrogen-bond donors (Lipinski definition) is 2. The first-order valence-corrected chi connectivity index (χ1v) is 7.68. The van der Waals surface area contributed by atoms with Crippen LogP contribution in [0.4, 0.5) is 11.6 Å². The first-order valence-electron chi connectivity index (χ1n) is 7.68. The Morgan fingerprint density at radius 1 is 1.17 bits per heavy atom. The van der Waals surface area contributed by atoms with Gasteiger partial charge in [0.1, 0.15) is 5.75 Å². The first kappa shape index (κ1) is 16.7. The fourth-order valence-electron chi connectivity index (χ4n) is 1.84. The average Bonchev–Trinajstić information content (AvgIpc) is 2.55. The molecule has 1 amide bonds. The minimum Gasteiger partial charge on any atom is -0.494 e. The summed E-state index contributed by atoms with van der Waals surface area (Å²) < 4.78 is 5.36. The van der Waals surface area contributed by atoms with Crippen LogP contribution in [0.1, 0.15) is 31.1 Å². The number of amides is 1. The van der Waals surface area contributed by atoms with Crippen LogP contribution in [0.3, 0.4) is 0 Å². The Kier molecular flexibility index (Phi) is 5.91. The highest BCUT2D eigenvalue weighted by Gasteiger charge is 2.08. The number of rotatable bonds is 7. The zero-order chi connectivity index (χ0) is 16.7. The van der Waals surface area contributed by atoms with E-state index in [1.54, 1.807) is 12.1 Å². The van der Waals surface area contributed by atoms with E-state index in [2.05, 4.69) is 34.4 Å². The fourth-order valence-corrected chi connectivity index (χ4v) is 1.84. The Morgan fingerprint density at radius 3 is 2.39 bits per heavy atom. The monoisotopic (exact) mass is 314 g/mol.